The summed E-state index contributed by atoms with van der Waals surface area (Å²) >= 11 is 0. The van der Waals surface area contributed by atoms with Gasteiger partial charge in [0.2, 0.25) is 0 Å². The van der Waals surface area contributed by atoms with Gasteiger partial charge in [0.15, 0.2) is 0 Å². The van der Waals surface area contributed by atoms with Crippen LogP contribution in [0.25, 0.3) is 0 Å². The van der Waals surface area contributed by atoms with Gasteiger partial charge in [-0.15, -0.1) is 0 Å². The van der Waals surface area contributed by atoms with Crippen LogP contribution in [0.5, 0.6) is 5.75 Å². The molecular formula is C28H35N5O3. The van der Waals surface area contributed by atoms with E-state index in [1.807, 2.05) is 36.4 Å². The molecule has 0 aliphatic carbocycles. The first-order valence-corrected chi connectivity index (χ1v) is 12.7. The maximum absolute atomic E-state index is 13.3. The van der Waals surface area contributed by atoms with Gasteiger partial charge in [0.1, 0.15) is 5.75 Å². The molecule has 5 rings (SSSR count). The molecule has 0 spiro atoms. The minimum atomic E-state index is -0.635. The maximum atomic E-state index is 13.3. The molecule has 1 saturated heterocycles. The Morgan fingerprint density at radius 3 is 2.47 bits per heavy atom. The second-order valence-corrected chi connectivity index (χ2v) is 9.69. The molecule has 2 aliphatic heterocycles. The largest absolute Gasteiger partial charge is 0.495 e. The molecule has 3 aromatic rings. The molecule has 2 aliphatic rings. The van der Waals surface area contributed by atoms with Crippen molar-refractivity contribution in [2.24, 2.45) is 0 Å². The molecule has 0 saturated carbocycles. The van der Waals surface area contributed by atoms with Gasteiger partial charge in [-0.05, 0) is 17.7 Å². The molecule has 1 N–H and O–H groups in total. The first-order valence-electron chi connectivity index (χ1n) is 12.7. The van der Waals surface area contributed by atoms with Gasteiger partial charge in [-0.1, -0.05) is 42.5 Å². The Bertz CT molecular complexity index is 1210. The number of hydrogen-bond donors (Lipinski definition) is 1. The van der Waals surface area contributed by atoms with Crippen LogP contribution in [0, 0.1) is 0 Å². The molecule has 8 heteroatoms. The average molecular weight is 490 g/mol. The van der Waals surface area contributed by atoms with Crippen molar-refractivity contribution < 1.29 is 9.84 Å². The molecule has 1 atom stereocenters. The SMILES string of the molecule is COc1ccccc1N1CCN(CC(O)Cn2cnc3c(c2=O)CN(Cc2ccccc2)CC3)CC1. The second-order valence-electron chi connectivity index (χ2n) is 9.69. The number of aliphatic hydroxyl groups excluding tert-OH is 1. The fourth-order valence-corrected chi connectivity index (χ4v) is 5.26. The van der Waals surface area contributed by atoms with E-state index in [4.69, 9.17) is 4.74 Å². The van der Waals surface area contributed by atoms with Gasteiger partial charge in [0.25, 0.3) is 5.56 Å². The van der Waals surface area contributed by atoms with Crippen LogP contribution in [0.15, 0.2) is 65.7 Å². The number of para-hydroxylation sites is 2. The number of benzene rings is 2. The summed E-state index contributed by atoms with van der Waals surface area (Å²) < 4.78 is 7.09. The Balaban J connectivity index is 1.17. The highest BCUT2D eigenvalue weighted by Crippen LogP contribution is 2.28. The third-order valence-corrected chi connectivity index (χ3v) is 7.19. The number of piperazine rings is 1. The van der Waals surface area contributed by atoms with Crippen LogP contribution in [-0.4, -0.2) is 76.9 Å². The Morgan fingerprint density at radius 2 is 1.69 bits per heavy atom. The summed E-state index contributed by atoms with van der Waals surface area (Å²) in [4.78, 5) is 24.7. The molecule has 190 valence electrons. The smallest absolute Gasteiger partial charge is 0.258 e. The van der Waals surface area contributed by atoms with E-state index in [1.165, 1.54) is 5.56 Å². The van der Waals surface area contributed by atoms with E-state index < -0.39 is 6.10 Å². The van der Waals surface area contributed by atoms with Gasteiger partial charge in [-0.2, -0.15) is 0 Å². The van der Waals surface area contributed by atoms with Crippen LogP contribution in [0.4, 0.5) is 5.69 Å². The minimum Gasteiger partial charge on any atom is -0.495 e. The number of rotatable bonds is 8. The lowest BCUT2D eigenvalue weighted by atomic mass is 10.1. The third kappa shape index (κ3) is 5.61. The predicted octanol–water partition coefficient (Wildman–Crippen LogP) is 1.99. The van der Waals surface area contributed by atoms with Gasteiger partial charge in [-0.3, -0.25) is 19.2 Å². The van der Waals surface area contributed by atoms with Crippen molar-refractivity contribution in [2.45, 2.75) is 32.2 Å². The van der Waals surface area contributed by atoms with Gasteiger partial charge in [0.05, 0.1) is 43.0 Å². The molecule has 8 nitrogen and oxygen atoms in total. The Labute approximate surface area is 212 Å². The van der Waals surface area contributed by atoms with Crippen LogP contribution in [0.1, 0.15) is 16.8 Å². The first kappa shape index (κ1) is 24.5. The first-order chi connectivity index (χ1) is 17.6. The van der Waals surface area contributed by atoms with Gasteiger partial charge < -0.3 is 14.7 Å². The van der Waals surface area contributed by atoms with Gasteiger partial charge in [0, 0.05) is 58.8 Å². The topological polar surface area (TPSA) is 74.1 Å². The van der Waals surface area contributed by atoms with Crippen LogP contribution in [0.3, 0.4) is 0 Å². The number of aliphatic hydroxyl groups is 1. The number of methoxy groups -OCH3 is 1. The van der Waals surface area contributed by atoms with E-state index in [2.05, 4.69) is 37.9 Å². The number of anilines is 1. The summed E-state index contributed by atoms with van der Waals surface area (Å²) in [5.74, 6) is 0.882. The average Bonchev–Trinajstić information content (AvgIpc) is 2.91. The van der Waals surface area contributed by atoms with E-state index in [1.54, 1.807) is 18.0 Å². The summed E-state index contributed by atoms with van der Waals surface area (Å²) in [6, 6.07) is 18.4. The third-order valence-electron chi connectivity index (χ3n) is 7.19. The number of β-amino-alcohol motifs (C(OH)–C–C–N with tert-alkyl or cyclic N) is 1. The zero-order chi connectivity index (χ0) is 24.9. The molecule has 1 unspecified atom stereocenters. The Kier molecular flexibility index (Phi) is 7.65. The standard InChI is InChI=1S/C28H35N5O3/c1-36-27-10-6-5-9-26(27)32-15-13-30(14-16-32)18-23(34)19-33-21-29-25-11-12-31(20-24(25)28(33)35)17-22-7-3-2-4-8-22/h2-10,21,23,34H,11-20H2,1H3. The van der Waals surface area contributed by atoms with E-state index in [0.29, 0.717) is 13.1 Å². The number of hydrogen-bond acceptors (Lipinski definition) is 7. The monoisotopic (exact) mass is 489 g/mol. The highest BCUT2D eigenvalue weighted by Gasteiger charge is 2.24. The zero-order valence-electron chi connectivity index (χ0n) is 20.9. The van der Waals surface area contributed by atoms with E-state index >= 15 is 0 Å². The van der Waals surface area contributed by atoms with Crippen LogP contribution in [0.2, 0.25) is 0 Å². The fourth-order valence-electron chi connectivity index (χ4n) is 5.26. The summed E-state index contributed by atoms with van der Waals surface area (Å²) in [6.45, 7) is 6.52. The van der Waals surface area contributed by atoms with E-state index in [-0.39, 0.29) is 12.1 Å². The van der Waals surface area contributed by atoms with Crippen molar-refractivity contribution in [2.75, 3.05) is 51.3 Å². The Morgan fingerprint density at radius 1 is 0.944 bits per heavy atom. The van der Waals surface area contributed by atoms with Crippen molar-refractivity contribution in [3.63, 3.8) is 0 Å². The molecule has 2 aromatic carbocycles. The van der Waals surface area contributed by atoms with E-state index in [9.17, 15) is 9.90 Å². The number of nitrogens with zero attached hydrogens (tertiary/aromatic N) is 5. The molecule has 0 bridgehead atoms. The zero-order valence-corrected chi connectivity index (χ0v) is 20.9. The van der Waals surface area contributed by atoms with E-state index in [0.717, 1.165) is 68.4 Å². The summed E-state index contributed by atoms with van der Waals surface area (Å²) in [6.07, 6.45) is 1.75. The van der Waals surface area contributed by atoms with Crippen molar-refractivity contribution in [3.05, 3.63) is 88.1 Å². The second kappa shape index (κ2) is 11.2. The van der Waals surface area contributed by atoms with Crippen molar-refractivity contribution in [3.8, 4) is 5.75 Å². The highest BCUT2D eigenvalue weighted by molar-refractivity contribution is 5.58. The lowest BCUT2D eigenvalue weighted by Gasteiger charge is -2.37. The number of aromatic nitrogens is 2. The quantitative estimate of drug-likeness (QED) is 0.519. The lowest BCUT2D eigenvalue weighted by Crippen LogP contribution is -2.49. The molecule has 0 radical (unpaired) electrons. The molecule has 3 heterocycles. The van der Waals surface area contributed by atoms with Crippen molar-refractivity contribution in [1.29, 1.82) is 0 Å². The van der Waals surface area contributed by atoms with Gasteiger partial charge >= 0.3 is 0 Å². The van der Waals surface area contributed by atoms with Crippen LogP contribution >= 0.6 is 0 Å². The predicted molar refractivity (Wildman–Crippen MR) is 140 cm³/mol. The summed E-state index contributed by atoms with van der Waals surface area (Å²) in [7, 11) is 1.70. The number of ether oxygens (including phenoxy) is 1. The normalized spacial score (nSPS) is 17.6. The fraction of sp³-hybridized carbons (Fsp3) is 0.429. The molecule has 0 amide bonds. The van der Waals surface area contributed by atoms with Crippen molar-refractivity contribution >= 4 is 5.69 Å². The highest BCUT2D eigenvalue weighted by atomic mass is 16.5. The molecule has 1 aromatic heterocycles. The maximum Gasteiger partial charge on any atom is 0.258 e. The summed E-state index contributed by atoms with van der Waals surface area (Å²) in [5.41, 5.74) is 3.97. The van der Waals surface area contributed by atoms with Crippen LogP contribution < -0.4 is 15.2 Å². The minimum absolute atomic E-state index is 0.0298. The Hall–Kier alpha value is -3.20. The van der Waals surface area contributed by atoms with Crippen molar-refractivity contribution in [1.82, 2.24) is 19.4 Å². The summed E-state index contributed by atoms with van der Waals surface area (Å²) in [5, 5.41) is 10.8. The molecule has 36 heavy (non-hydrogen) atoms. The van der Waals surface area contributed by atoms with Gasteiger partial charge in [-0.25, -0.2) is 4.98 Å². The number of fused-ring (bicyclic) bond motifs is 1. The molecule has 1 fully saturated rings. The lowest BCUT2D eigenvalue weighted by molar-refractivity contribution is 0.0935. The van der Waals surface area contributed by atoms with Crippen LogP contribution in [-0.2, 0) is 26.1 Å². The molecular weight excluding hydrogens is 454 g/mol.